The molecule has 0 saturated carbocycles. The molecule has 1 heterocycles. The summed E-state index contributed by atoms with van der Waals surface area (Å²) in [4.78, 5) is 29.5. The lowest BCUT2D eigenvalue weighted by Crippen LogP contribution is -2.14. The minimum atomic E-state index is -0.666. The van der Waals surface area contributed by atoms with Gasteiger partial charge in [0, 0.05) is 12.1 Å². The molecule has 7 nitrogen and oxygen atoms in total. The van der Waals surface area contributed by atoms with Gasteiger partial charge in [0.25, 0.3) is 11.6 Å². The van der Waals surface area contributed by atoms with Gasteiger partial charge in [-0.25, -0.2) is 9.97 Å². The number of amides is 1. The summed E-state index contributed by atoms with van der Waals surface area (Å²) in [5.41, 5.74) is -0.379. The van der Waals surface area contributed by atoms with Crippen LogP contribution in [-0.4, -0.2) is 20.8 Å². The Morgan fingerprint density at radius 2 is 2.05 bits per heavy atom. The van der Waals surface area contributed by atoms with Crippen molar-refractivity contribution in [2.75, 3.05) is 5.32 Å². The molecule has 2 rings (SSSR count). The Balaban J connectivity index is 2.30. The van der Waals surface area contributed by atoms with Gasteiger partial charge in [0.1, 0.15) is 22.3 Å². The van der Waals surface area contributed by atoms with E-state index in [4.69, 9.17) is 23.2 Å². The number of nitro groups is 1. The van der Waals surface area contributed by atoms with Crippen molar-refractivity contribution < 1.29 is 9.72 Å². The van der Waals surface area contributed by atoms with Crippen LogP contribution in [0.1, 0.15) is 10.4 Å². The molecule has 1 aromatic heterocycles. The van der Waals surface area contributed by atoms with E-state index in [2.05, 4.69) is 15.3 Å². The number of aromatic nitrogens is 2. The van der Waals surface area contributed by atoms with Crippen LogP contribution in [0.25, 0.3) is 0 Å². The third kappa shape index (κ3) is 3.01. The molecule has 0 aliphatic carbocycles. The summed E-state index contributed by atoms with van der Waals surface area (Å²) < 4.78 is 0. The van der Waals surface area contributed by atoms with Crippen molar-refractivity contribution >= 4 is 40.6 Å². The van der Waals surface area contributed by atoms with Crippen LogP contribution >= 0.6 is 23.2 Å². The number of rotatable bonds is 3. The lowest BCUT2D eigenvalue weighted by molar-refractivity contribution is -0.384. The quantitative estimate of drug-likeness (QED) is 0.533. The van der Waals surface area contributed by atoms with E-state index >= 15 is 0 Å². The highest BCUT2D eigenvalue weighted by Gasteiger charge is 2.20. The zero-order valence-electron chi connectivity index (χ0n) is 9.71. The number of hydrogen-bond donors (Lipinski definition) is 1. The Hall–Kier alpha value is -2.25. The zero-order valence-corrected chi connectivity index (χ0v) is 11.2. The fourth-order valence-corrected chi connectivity index (χ4v) is 1.85. The van der Waals surface area contributed by atoms with Crippen molar-refractivity contribution in [3.8, 4) is 0 Å². The van der Waals surface area contributed by atoms with Gasteiger partial charge in [-0.05, 0) is 6.07 Å². The number of nitrogens with one attached hydrogen (secondary N) is 1. The van der Waals surface area contributed by atoms with Gasteiger partial charge in [0.2, 0.25) is 0 Å². The van der Waals surface area contributed by atoms with Crippen LogP contribution in [0.3, 0.4) is 0 Å². The third-order valence-electron chi connectivity index (χ3n) is 2.29. The van der Waals surface area contributed by atoms with Crippen molar-refractivity contribution in [3.05, 3.63) is 56.4 Å². The molecule has 9 heteroatoms. The van der Waals surface area contributed by atoms with E-state index in [0.717, 1.165) is 0 Å². The minimum absolute atomic E-state index is 0.0319. The smallest absolute Gasteiger partial charge is 0.288 e. The number of nitro benzene ring substituents is 1. The summed E-state index contributed by atoms with van der Waals surface area (Å²) >= 11 is 11.5. The Kier molecular flexibility index (Phi) is 4.11. The SMILES string of the molecule is O=C(Nc1cc(Cl)ncn1)c1cccc([N+](=O)[O-])c1Cl. The molecule has 102 valence electrons. The molecule has 2 aromatic rings. The summed E-state index contributed by atoms with van der Waals surface area (Å²) in [7, 11) is 0. The first-order valence-electron chi connectivity index (χ1n) is 5.21. The molecule has 1 N–H and O–H groups in total. The van der Waals surface area contributed by atoms with Crippen LogP contribution in [0.4, 0.5) is 11.5 Å². The highest BCUT2D eigenvalue weighted by atomic mass is 35.5. The second-order valence-electron chi connectivity index (χ2n) is 3.58. The second kappa shape index (κ2) is 5.81. The Labute approximate surface area is 122 Å². The summed E-state index contributed by atoms with van der Waals surface area (Å²) in [6, 6.07) is 5.28. The fraction of sp³-hybridized carbons (Fsp3) is 0. The van der Waals surface area contributed by atoms with E-state index in [9.17, 15) is 14.9 Å². The van der Waals surface area contributed by atoms with E-state index < -0.39 is 10.8 Å². The number of benzene rings is 1. The van der Waals surface area contributed by atoms with Crippen molar-refractivity contribution in [1.29, 1.82) is 0 Å². The first-order chi connectivity index (χ1) is 9.49. The summed E-state index contributed by atoms with van der Waals surface area (Å²) in [5.74, 6) is -0.467. The number of carbonyl (C=O) groups excluding carboxylic acids is 1. The van der Waals surface area contributed by atoms with E-state index in [-0.39, 0.29) is 27.2 Å². The maximum absolute atomic E-state index is 12.0. The van der Waals surface area contributed by atoms with Crippen LogP contribution in [-0.2, 0) is 0 Å². The Morgan fingerprint density at radius 1 is 1.30 bits per heavy atom. The van der Waals surface area contributed by atoms with E-state index in [1.165, 1.54) is 30.6 Å². The van der Waals surface area contributed by atoms with Gasteiger partial charge in [-0.1, -0.05) is 29.3 Å². The molecule has 0 fully saturated rings. The summed E-state index contributed by atoms with van der Waals surface area (Å²) in [5, 5.41) is 13.1. The van der Waals surface area contributed by atoms with Crippen LogP contribution in [0.5, 0.6) is 0 Å². The van der Waals surface area contributed by atoms with E-state index in [1.807, 2.05) is 0 Å². The molecule has 20 heavy (non-hydrogen) atoms. The van der Waals surface area contributed by atoms with Gasteiger partial charge in [-0.2, -0.15) is 0 Å². The lowest BCUT2D eigenvalue weighted by atomic mass is 10.2. The summed E-state index contributed by atoms with van der Waals surface area (Å²) in [6.07, 6.45) is 1.17. The first kappa shape index (κ1) is 14.2. The number of halogens is 2. The van der Waals surface area contributed by atoms with E-state index in [0.29, 0.717) is 0 Å². The normalized spacial score (nSPS) is 10.1. The maximum atomic E-state index is 12.0. The molecule has 0 radical (unpaired) electrons. The maximum Gasteiger partial charge on any atom is 0.288 e. The van der Waals surface area contributed by atoms with Crippen molar-refractivity contribution in [3.63, 3.8) is 0 Å². The topological polar surface area (TPSA) is 98.0 Å². The highest BCUT2D eigenvalue weighted by Crippen LogP contribution is 2.28. The second-order valence-corrected chi connectivity index (χ2v) is 4.34. The molecule has 0 bridgehead atoms. The van der Waals surface area contributed by atoms with Gasteiger partial charge in [0.05, 0.1) is 10.5 Å². The van der Waals surface area contributed by atoms with Gasteiger partial charge in [0.15, 0.2) is 0 Å². The van der Waals surface area contributed by atoms with E-state index in [1.54, 1.807) is 0 Å². The standard InChI is InChI=1S/C11H6Cl2N4O3/c12-8-4-9(15-5-14-8)16-11(18)6-2-1-3-7(10(6)13)17(19)20/h1-5H,(H,14,15,16,18). The molecule has 0 atom stereocenters. The van der Waals surface area contributed by atoms with Gasteiger partial charge in [-0.15, -0.1) is 0 Å². The van der Waals surface area contributed by atoms with Crippen molar-refractivity contribution in [2.24, 2.45) is 0 Å². The average molecular weight is 313 g/mol. The first-order valence-corrected chi connectivity index (χ1v) is 5.96. The largest absolute Gasteiger partial charge is 0.306 e. The van der Waals surface area contributed by atoms with Crippen LogP contribution in [0.2, 0.25) is 10.2 Å². The molecule has 0 saturated heterocycles. The lowest BCUT2D eigenvalue weighted by Gasteiger charge is -2.06. The van der Waals surface area contributed by atoms with Crippen molar-refractivity contribution in [1.82, 2.24) is 9.97 Å². The molecule has 0 unspecified atom stereocenters. The van der Waals surface area contributed by atoms with Crippen LogP contribution < -0.4 is 5.32 Å². The number of hydrogen-bond acceptors (Lipinski definition) is 5. The Morgan fingerprint density at radius 3 is 2.70 bits per heavy atom. The zero-order chi connectivity index (χ0) is 14.7. The molecule has 1 amide bonds. The minimum Gasteiger partial charge on any atom is -0.306 e. The number of carbonyl (C=O) groups is 1. The van der Waals surface area contributed by atoms with Gasteiger partial charge < -0.3 is 5.32 Å². The average Bonchev–Trinajstić information content (AvgIpc) is 2.38. The fourth-order valence-electron chi connectivity index (χ4n) is 1.42. The highest BCUT2D eigenvalue weighted by molar-refractivity contribution is 6.36. The monoisotopic (exact) mass is 312 g/mol. The van der Waals surface area contributed by atoms with Gasteiger partial charge >= 0.3 is 0 Å². The predicted octanol–water partition coefficient (Wildman–Crippen LogP) is 2.94. The predicted molar refractivity (Wildman–Crippen MR) is 73.1 cm³/mol. The molecular weight excluding hydrogens is 307 g/mol. The van der Waals surface area contributed by atoms with Gasteiger partial charge in [-0.3, -0.25) is 14.9 Å². The number of anilines is 1. The number of nitrogens with zero attached hydrogens (tertiary/aromatic N) is 3. The third-order valence-corrected chi connectivity index (χ3v) is 2.90. The van der Waals surface area contributed by atoms with Crippen LogP contribution in [0.15, 0.2) is 30.6 Å². The summed E-state index contributed by atoms with van der Waals surface area (Å²) in [6.45, 7) is 0. The molecule has 1 aromatic carbocycles. The van der Waals surface area contributed by atoms with Crippen molar-refractivity contribution in [2.45, 2.75) is 0 Å². The molecule has 0 aliphatic rings. The molecular formula is C11H6Cl2N4O3. The van der Waals surface area contributed by atoms with Crippen LogP contribution in [0, 0.1) is 10.1 Å². The molecule has 0 aliphatic heterocycles. The molecule has 0 spiro atoms. The Bertz CT molecular complexity index is 693.